The first kappa shape index (κ1) is 23.0. The lowest BCUT2D eigenvalue weighted by Gasteiger charge is -2.19. The number of carbonyl (C=O) groups is 2. The van der Waals surface area contributed by atoms with Gasteiger partial charge in [0.25, 0.3) is 0 Å². The van der Waals surface area contributed by atoms with Crippen molar-refractivity contribution in [2.24, 2.45) is 5.92 Å². The second-order valence-electron chi connectivity index (χ2n) is 8.36. The number of hydrogen-bond acceptors (Lipinski definition) is 4. The van der Waals surface area contributed by atoms with E-state index < -0.39 is 10.0 Å². The Morgan fingerprint density at radius 1 is 1.13 bits per heavy atom. The molecule has 2 N–H and O–H groups in total. The van der Waals surface area contributed by atoms with E-state index in [1.54, 1.807) is 19.1 Å². The van der Waals surface area contributed by atoms with E-state index in [4.69, 9.17) is 0 Å². The van der Waals surface area contributed by atoms with Gasteiger partial charge in [-0.1, -0.05) is 32.0 Å². The average molecular weight is 444 g/mol. The van der Waals surface area contributed by atoms with Gasteiger partial charge in [0.05, 0.1) is 5.69 Å². The van der Waals surface area contributed by atoms with E-state index in [0.717, 1.165) is 28.8 Å². The van der Waals surface area contributed by atoms with Crippen LogP contribution < -0.4 is 14.9 Å². The molecule has 1 aliphatic heterocycles. The van der Waals surface area contributed by atoms with Gasteiger partial charge in [0.2, 0.25) is 21.8 Å². The van der Waals surface area contributed by atoms with Gasteiger partial charge in [-0.3, -0.25) is 9.59 Å². The molecule has 166 valence electrons. The molecule has 0 radical (unpaired) electrons. The first-order chi connectivity index (χ1) is 14.6. The third kappa shape index (κ3) is 5.51. The third-order valence-electron chi connectivity index (χ3n) is 5.13. The van der Waals surface area contributed by atoms with Gasteiger partial charge < -0.3 is 10.2 Å². The summed E-state index contributed by atoms with van der Waals surface area (Å²) in [5, 5.41) is 2.57. The van der Waals surface area contributed by atoms with Crippen LogP contribution in [0.3, 0.4) is 0 Å². The van der Waals surface area contributed by atoms with Crippen LogP contribution in [0.25, 0.3) is 0 Å². The SMILES string of the molecule is CC(=O)Nc1ccc(C)cc1S(=O)(=O)NCc1ccc2c(c1)CCN2C(=O)CC(C)C. The van der Waals surface area contributed by atoms with Crippen molar-refractivity contribution in [3.05, 3.63) is 53.1 Å². The molecule has 2 aromatic rings. The topological polar surface area (TPSA) is 95.6 Å². The lowest BCUT2D eigenvalue weighted by atomic mass is 10.1. The molecule has 0 spiro atoms. The van der Waals surface area contributed by atoms with Gasteiger partial charge in [-0.05, 0) is 54.2 Å². The zero-order valence-electron chi connectivity index (χ0n) is 18.4. The second-order valence-corrected chi connectivity index (χ2v) is 10.1. The maximum Gasteiger partial charge on any atom is 0.242 e. The Labute approximate surface area is 183 Å². The van der Waals surface area contributed by atoms with Gasteiger partial charge in [-0.25, -0.2) is 13.1 Å². The number of fused-ring (bicyclic) bond motifs is 1. The highest BCUT2D eigenvalue weighted by molar-refractivity contribution is 7.89. The number of benzene rings is 2. The number of hydrogen-bond donors (Lipinski definition) is 2. The predicted molar refractivity (Wildman–Crippen MR) is 121 cm³/mol. The van der Waals surface area contributed by atoms with Gasteiger partial charge in [-0.2, -0.15) is 0 Å². The molecule has 0 bridgehead atoms. The lowest BCUT2D eigenvalue weighted by Crippen LogP contribution is -2.29. The summed E-state index contributed by atoms with van der Waals surface area (Å²) in [6.07, 6.45) is 1.26. The minimum absolute atomic E-state index is 0.0364. The molecule has 2 amide bonds. The molecule has 7 nitrogen and oxygen atoms in total. The van der Waals surface area contributed by atoms with E-state index in [1.165, 1.54) is 13.0 Å². The van der Waals surface area contributed by atoms with Crippen molar-refractivity contribution in [3.63, 3.8) is 0 Å². The van der Waals surface area contributed by atoms with E-state index in [1.807, 2.05) is 36.9 Å². The number of sulfonamides is 1. The molecular weight excluding hydrogens is 414 g/mol. The molecular formula is C23H29N3O4S. The van der Waals surface area contributed by atoms with Gasteiger partial charge >= 0.3 is 0 Å². The van der Waals surface area contributed by atoms with Crippen LogP contribution in [0.1, 0.15) is 43.9 Å². The lowest BCUT2D eigenvalue weighted by molar-refractivity contribution is -0.119. The average Bonchev–Trinajstić information content (AvgIpc) is 3.10. The molecule has 31 heavy (non-hydrogen) atoms. The highest BCUT2D eigenvalue weighted by Gasteiger charge is 2.25. The number of carbonyl (C=O) groups excluding carboxylic acids is 2. The van der Waals surface area contributed by atoms with Crippen molar-refractivity contribution in [1.82, 2.24) is 4.72 Å². The summed E-state index contributed by atoms with van der Waals surface area (Å²) < 4.78 is 28.5. The van der Waals surface area contributed by atoms with Crippen LogP contribution in [-0.2, 0) is 32.6 Å². The summed E-state index contributed by atoms with van der Waals surface area (Å²) in [5.74, 6) is 0.0804. The Morgan fingerprint density at radius 2 is 1.87 bits per heavy atom. The van der Waals surface area contributed by atoms with E-state index in [-0.39, 0.29) is 28.9 Å². The van der Waals surface area contributed by atoms with E-state index in [9.17, 15) is 18.0 Å². The van der Waals surface area contributed by atoms with Crippen molar-refractivity contribution in [2.75, 3.05) is 16.8 Å². The minimum atomic E-state index is -3.84. The molecule has 0 saturated heterocycles. The molecule has 8 heteroatoms. The Hall–Kier alpha value is -2.71. The summed E-state index contributed by atoms with van der Waals surface area (Å²) in [5.41, 5.74) is 3.79. The molecule has 1 aliphatic rings. The van der Waals surface area contributed by atoms with Gasteiger partial charge in [-0.15, -0.1) is 0 Å². The van der Waals surface area contributed by atoms with Crippen molar-refractivity contribution < 1.29 is 18.0 Å². The van der Waals surface area contributed by atoms with Crippen LogP contribution in [-0.4, -0.2) is 26.8 Å². The highest BCUT2D eigenvalue weighted by Crippen LogP contribution is 2.30. The van der Waals surface area contributed by atoms with Crippen LogP contribution in [0.5, 0.6) is 0 Å². The molecule has 2 aromatic carbocycles. The fourth-order valence-electron chi connectivity index (χ4n) is 3.68. The molecule has 3 rings (SSSR count). The Bertz CT molecular complexity index is 1110. The summed E-state index contributed by atoms with van der Waals surface area (Å²) in [7, 11) is -3.84. The Balaban J connectivity index is 1.76. The van der Waals surface area contributed by atoms with Crippen molar-refractivity contribution in [3.8, 4) is 0 Å². The number of amides is 2. The van der Waals surface area contributed by atoms with Crippen LogP contribution in [0.2, 0.25) is 0 Å². The third-order valence-corrected chi connectivity index (χ3v) is 6.57. The highest BCUT2D eigenvalue weighted by atomic mass is 32.2. The maximum absolute atomic E-state index is 12.9. The second kappa shape index (κ2) is 9.20. The van der Waals surface area contributed by atoms with Crippen LogP contribution in [0.4, 0.5) is 11.4 Å². The fraction of sp³-hybridized carbons (Fsp3) is 0.391. The van der Waals surface area contributed by atoms with Gasteiger partial charge in [0.15, 0.2) is 0 Å². The summed E-state index contributed by atoms with van der Waals surface area (Å²) in [6, 6.07) is 10.5. The maximum atomic E-state index is 12.9. The number of aryl methyl sites for hydroxylation is 1. The molecule has 0 fully saturated rings. The van der Waals surface area contributed by atoms with Crippen LogP contribution in [0, 0.1) is 12.8 Å². The summed E-state index contributed by atoms with van der Waals surface area (Å²) in [4.78, 5) is 25.8. The standard InChI is InChI=1S/C23H29N3O4S/c1-15(2)11-23(28)26-10-9-19-13-18(6-8-21(19)26)14-24-31(29,30)22-12-16(3)5-7-20(22)25-17(4)27/h5-8,12-13,15,24H,9-11,14H2,1-4H3,(H,25,27). The normalized spacial score (nSPS) is 13.4. The zero-order valence-corrected chi connectivity index (χ0v) is 19.2. The molecule has 0 aliphatic carbocycles. The quantitative estimate of drug-likeness (QED) is 0.686. The minimum Gasteiger partial charge on any atom is -0.325 e. The van der Waals surface area contributed by atoms with Crippen molar-refractivity contribution in [2.45, 2.75) is 52.0 Å². The van der Waals surface area contributed by atoms with Gasteiger partial charge in [0.1, 0.15) is 4.90 Å². The number of anilines is 2. The largest absolute Gasteiger partial charge is 0.325 e. The fourth-order valence-corrected chi connectivity index (χ4v) is 4.95. The molecule has 0 unspecified atom stereocenters. The smallest absolute Gasteiger partial charge is 0.242 e. The van der Waals surface area contributed by atoms with Crippen molar-refractivity contribution in [1.29, 1.82) is 0 Å². The molecule has 0 aromatic heterocycles. The number of rotatable bonds is 7. The first-order valence-corrected chi connectivity index (χ1v) is 11.8. The van der Waals surface area contributed by atoms with E-state index in [0.29, 0.717) is 18.9 Å². The first-order valence-electron chi connectivity index (χ1n) is 10.4. The van der Waals surface area contributed by atoms with Crippen molar-refractivity contribution >= 4 is 33.2 Å². The van der Waals surface area contributed by atoms with Gasteiger partial charge in [0, 0.05) is 32.1 Å². The van der Waals surface area contributed by atoms with Crippen LogP contribution in [0.15, 0.2) is 41.3 Å². The Kier molecular flexibility index (Phi) is 6.81. The monoisotopic (exact) mass is 443 g/mol. The van der Waals surface area contributed by atoms with E-state index in [2.05, 4.69) is 10.0 Å². The summed E-state index contributed by atoms with van der Waals surface area (Å²) >= 11 is 0. The molecule has 1 heterocycles. The van der Waals surface area contributed by atoms with Crippen LogP contribution >= 0.6 is 0 Å². The Morgan fingerprint density at radius 3 is 2.55 bits per heavy atom. The van der Waals surface area contributed by atoms with E-state index >= 15 is 0 Å². The number of nitrogens with one attached hydrogen (secondary N) is 2. The number of nitrogens with zero attached hydrogens (tertiary/aromatic N) is 1. The predicted octanol–water partition coefficient (Wildman–Crippen LogP) is 3.37. The summed E-state index contributed by atoms with van der Waals surface area (Å²) in [6.45, 7) is 7.95. The molecule has 0 atom stereocenters. The zero-order chi connectivity index (χ0) is 22.8. The molecule has 0 saturated carbocycles.